The SMILES string of the molecule is CC1(C)c2cc(-c3ccc4c(c3)c3c(n4-c4ccc5ccccc5c4)CC4C=CC5=C6C4=C3CCC6CC=C5)ccc2-c2ccc(N(c3ccccc3)c3cccc4ccccc34)cc21. The van der Waals surface area contributed by atoms with Gasteiger partial charge in [0.1, 0.15) is 0 Å². The highest BCUT2D eigenvalue weighted by Gasteiger charge is 2.41. The molecule has 9 aromatic rings. The van der Waals surface area contributed by atoms with Gasteiger partial charge in [-0.3, -0.25) is 0 Å². The minimum Gasteiger partial charge on any atom is -0.313 e. The van der Waals surface area contributed by atoms with E-state index in [1.807, 2.05) is 0 Å². The third-order valence-electron chi connectivity index (χ3n) is 15.7. The van der Waals surface area contributed by atoms with Gasteiger partial charge < -0.3 is 9.47 Å². The lowest BCUT2D eigenvalue weighted by Crippen LogP contribution is -2.27. The minimum absolute atomic E-state index is 0.199. The van der Waals surface area contributed by atoms with Crippen LogP contribution in [0.3, 0.4) is 0 Å². The van der Waals surface area contributed by atoms with Crippen molar-refractivity contribution in [1.29, 1.82) is 0 Å². The fraction of sp³-hybridized carbons (Fsp3) is 0.143. The van der Waals surface area contributed by atoms with Crippen LogP contribution in [0.2, 0.25) is 0 Å². The van der Waals surface area contributed by atoms with Gasteiger partial charge in [0.25, 0.3) is 0 Å². The van der Waals surface area contributed by atoms with Crippen LogP contribution >= 0.6 is 0 Å². The molecule has 0 saturated heterocycles. The zero-order valence-corrected chi connectivity index (χ0v) is 36.9. The third-order valence-corrected chi connectivity index (χ3v) is 15.7. The van der Waals surface area contributed by atoms with E-state index in [2.05, 4.69) is 217 Å². The van der Waals surface area contributed by atoms with E-state index in [0.29, 0.717) is 11.8 Å². The number of allylic oxidation sites excluding steroid dienone is 8. The Balaban J connectivity index is 0.911. The molecule has 8 aromatic carbocycles. The Morgan fingerprint density at radius 3 is 2.23 bits per heavy atom. The van der Waals surface area contributed by atoms with Crippen molar-refractivity contribution in [2.45, 2.75) is 44.9 Å². The number of aromatic nitrogens is 1. The first-order valence-corrected chi connectivity index (χ1v) is 23.6. The molecule has 14 rings (SSSR count). The normalized spacial score (nSPS) is 18.6. The average Bonchev–Trinajstić information content (AvgIpc) is 3.80. The van der Waals surface area contributed by atoms with Crippen molar-refractivity contribution in [3.8, 4) is 27.9 Å². The second-order valence-corrected chi connectivity index (χ2v) is 19.5. The molecule has 2 heteroatoms. The maximum Gasteiger partial charge on any atom is 0.0540 e. The smallest absolute Gasteiger partial charge is 0.0540 e. The molecule has 5 aliphatic carbocycles. The first-order valence-electron chi connectivity index (χ1n) is 23.6. The summed E-state index contributed by atoms with van der Waals surface area (Å²) in [4.78, 5) is 2.43. The van der Waals surface area contributed by atoms with Crippen LogP contribution in [0, 0.1) is 11.8 Å². The monoisotopic (exact) mass is 832 g/mol. The van der Waals surface area contributed by atoms with Crippen molar-refractivity contribution in [3.63, 3.8) is 0 Å². The third kappa shape index (κ3) is 5.41. The number of anilines is 3. The summed E-state index contributed by atoms with van der Waals surface area (Å²) in [7, 11) is 0. The van der Waals surface area contributed by atoms with E-state index in [9.17, 15) is 0 Å². The molecule has 0 fully saturated rings. The quantitative estimate of drug-likeness (QED) is 0.168. The van der Waals surface area contributed by atoms with Gasteiger partial charge >= 0.3 is 0 Å². The summed E-state index contributed by atoms with van der Waals surface area (Å²) in [5.74, 6) is 1.06. The van der Waals surface area contributed by atoms with E-state index in [0.717, 1.165) is 18.5 Å². The summed E-state index contributed by atoms with van der Waals surface area (Å²) in [6.07, 6.45) is 14.3. The molecule has 0 amide bonds. The fourth-order valence-corrected chi connectivity index (χ4v) is 12.7. The molecule has 65 heavy (non-hydrogen) atoms. The molecule has 0 spiro atoms. The molecule has 0 aliphatic heterocycles. The number of rotatable bonds is 5. The zero-order valence-electron chi connectivity index (χ0n) is 36.9. The lowest BCUT2D eigenvalue weighted by molar-refractivity contribution is 0.528. The van der Waals surface area contributed by atoms with Gasteiger partial charge in [0.05, 0.1) is 11.2 Å². The van der Waals surface area contributed by atoms with Gasteiger partial charge in [-0.15, -0.1) is 0 Å². The zero-order chi connectivity index (χ0) is 43.0. The number of nitrogens with zero attached hydrogens (tertiary/aromatic N) is 2. The first kappa shape index (κ1) is 37.0. The molecule has 5 aliphatic rings. The summed E-state index contributed by atoms with van der Waals surface area (Å²) >= 11 is 0. The Kier molecular flexibility index (Phi) is 7.85. The average molecular weight is 833 g/mol. The molecule has 0 radical (unpaired) electrons. The van der Waals surface area contributed by atoms with Crippen LogP contribution in [-0.4, -0.2) is 4.57 Å². The van der Waals surface area contributed by atoms with Crippen molar-refractivity contribution in [1.82, 2.24) is 4.57 Å². The number of hydrogen-bond donors (Lipinski definition) is 0. The van der Waals surface area contributed by atoms with Gasteiger partial charge in [-0.05, 0) is 164 Å². The molecular formula is C63H48N2. The van der Waals surface area contributed by atoms with E-state index >= 15 is 0 Å². The van der Waals surface area contributed by atoms with Crippen LogP contribution in [0.25, 0.3) is 66.0 Å². The maximum atomic E-state index is 2.62. The van der Waals surface area contributed by atoms with Crippen molar-refractivity contribution in [2.75, 3.05) is 4.90 Å². The topological polar surface area (TPSA) is 8.17 Å². The van der Waals surface area contributed by atoms with Gasteiger partial charge in [-0.1, -0.05) is 147 Å². The van der Waals surface area contributed by atoms with Crippen LogP contribution in [0.5, 0.6) is 0 Å². The Bertz CT molecular complexity index is 3640. The van der Waals surface area contributed by atoms with Crippen molar-refractivity contribution >= 4 is 55.1 Å². The Morgan fingerprint density at radius 2 is 1.34 bits per heavy atom. The summed E-state index contributed by atoms with van der Waals surface area (Å²) in [6.45, 7) is 4.84. The highest BCUT2D eigenvalue weighted by Crippen LogP contribution is 2.56. The van der Waals surface area contributed by atoms with Crippen molar-refractivity contribution in [3.05, 3.63) is 233 Å². The van der Waals surface area contributed by atoms with Gasteiger partial charge in [0, 0.05) is 50.4 Å². The summed E-state index contributed by atoms with van der Waals surface area (Å²) in [5, 5.41) is 6.43. The van der Waals surface area contributed by atoms with Gasteiger partial charge in [-0.2, -0.15) is 0 Å². The fourth-order valence-electron chi connectivity index (χ4n) is 12.7. The Labute approximate surface area is 380 Å². The number of fused-ring (bicyclic) bond motifs is 9. The van der Waals surface area contributed by atoms with E-state index in [-0.39, 0.29) is 5.41 Å². The highest BCUT2D eigenvalue weighted by molar-refractivity contribution is 6.03. The summed E-state index contributed by atoms with van der Waals surface area (Å²) in [5.41, 5.74) is 23.1. The molecule has 1 heterocycles. The Hall–Kier alpha value is -7.42. The second-order valence-electron chi connectivity index (χ2n) is 19.5. The number of hydrogen-bond acceptors (Lipinski definition) is 1. The van der Waals surface area contributed by atoms with Crippen LogP contribution in [0.15, 0.2) is 211 Å². The number of para-hydroxylation sites is 1. The minimum atomic E-state index is -0.199. The van der Waals surface area contributed by atoms with E-state index in [1.54, 1.807) is 16.7 Å². The largest absolute Gasteiger partial charge is 0.313 e. The van der Waals surface area contributed by atoms with Crippen LogP contribution < -0.4 is 4.90 Å². The molecule has 0 N–H and O–H groups in total. The van der Waals surface area contributed by atoms with Crippen molar-refractivity contribution in [2.24, 2.45) is 11.8 Å². The predicted octanol–water partition coefficient (Wildman–Crippen LogP) is 16.5. The van der Waals surface area contributed by atoms with Crippen LogP contribution in [-0.2, 0) is 11.8 Å². The molecule has 2 atom stereocenters. The molecule has 1 aromatic heterocycles. The van der Waals surface area contributed by atoms with Gasteiger partial charge in [0.2, 0.25) is 0 Å². The van der Waals surface area contributed by atoms with Crippen molar-refractivity contribution < 1.29 is 0 Å². The van der Waals surface area contributed by atoms with E-state index in [4.69, 9.17) is 0 Å². The highest BCUT2D eigenvalue weighted by atomic mass is 15.1. The second kappa shape index (κ2) is 13.8. The molecule has 310 valence electrons. The van der Waals surface area contributed by atoms with Crippen LogP contribution in [0.1, 0.15) is 55.5 Å². The Morgan fingerprint density at radius 1 is 0.585 bits per heavy atom. The standard InChI is InChI=1S/C63H48N2/c1-63(2)55-36-45(26-30-51(55)52-32-29-49(38-56(52)63)64(47-18-4-3-5-19-47)57-21-11-15-40-13-8-9-20-50(40)57)44-27-33-58-54(35-44)62-53-31-25-42-17-10-16-41-22-23-46(61(53)60(41)42)37-59(62)65(58)48-28-24-39-12-6-7-14-43(39)34-48/h3-16,18-24,26-30,32-36,38,42,46H,17,25,31,37H2,1-2H3. The lowest BCUT2D eigenvalue weighted by atomic mass is 9.63. The van der Waals surface area contributed by atoms with Gasteiger partial charge in [0.15, 0.2) is 0 Å². The molecule has 2 unspecified atom stereocenters. The summed E-state index contributed by atoms with van der Waals surface area (Å²) < 4.78 is 2.62. The maximum absolute atomic E-state index is 2.62. The van der Waals surface area contributed by atoms with E-state index in [1.165, 1.54) is 113 Å². The number of benzene rings is 8. The lowest BCUT2D eigenvalue weighted by Gasteiger charge is -2.41. The molecular weight excluding hydrogens is 785 g/mol. The first-order chi connectivity index (χ1) is 32.0. The summed E-state index contributed by atoms with van der Waals surface area (Å²) in [6, 6.07) is 63.8. The van der Waals surface area contributed by atoms with Crippen LogP contribution in [0.4, 0.5) is 17.1 Å². The molecule has 2 nitrogen and oxygen atoms in total. The molecule has 0 saturated carbocycles. The predicted molar refractivity (Wildman–Crippen MR) is 273 cm³/mol. The van der Waals surface area contributed by atoms with Gasteiger partial charge in [-0.25, -0.2) is 0 Å². The molecule has 0 bridgehead atoms. The van der Waals surface area contributed by atoms with E-state index < -0.39 is 0 Å².